The van der Waals surface area contributed by atoms with Crippen LogP contribution in [0.15, 0.2) is 40.1 Å². The molecule has 2 rings (SSSR count). The summed E-state index contributed by atoms with van der Waals surface area (Å²) in [5, 5.41) is 23.6. The largest absolute Gasteiger partial charge is 0.493 e. The number of imidazole rings is 1. The van der Waals surface area contributed by atoms with Crippen molar-refractivity contribution in [1.82, 2.24) is 19.8 Å². The van der Waals surface area contributed by atoms with E-state index >= 15 is 0 Å². The minimum atomic E-state index is -2.53. The summed E-state index contributed by atoms with van der Waals surface area (Å²) in [5.41, 5.74) is 19.1. The number of benzene rings is 1. The fraction of sp³-hybridized carbons (Fsp3) is 0.533. The molecule has 16 heteroatoms. The molecular formula is C30H47N9O7. The van der Waals surface area contributed by atoms with Crippen LogP contribution in [0.3, 0.4) is 0 Å². The minimum Gasteiger partial charge on any atom is -0.493 e. The molecule has 0 aliphatic rings. The number of hydrogen-bond acceptors (Lipinski definition) is 9. The van der Waals surface area contributed by atoms with Gasteiger partial charge in [-0.1, -0.05) is 56.0 Å². The molecule has 0 saturated heterocycles. The molecule has 0 radical (unpaired) electrons. The summed E-state index contributed by atoms with van der Waals surface area (Å²) in [6.45, 7) is 1.90. The number of guanidine groups is 1. The first-order valence-corrected chi connectivity index (χ1v) is 15.3. The van der Waals surface area contributed by atoms with Gasteiger partial charge in [-0.3, -0.25) is 24.2 Å². The molecular weight excluding hydrogens is 598 g/mol. The van der Waals surface area contributed by atoms with Gasteiger partial charge in [-0.25, -0.2) is 14.3 Å². The van der Waals surface area contributed by atoms with E-state index in [1.807, 2.05) is 0 Å². The lowest BCUT2D eigenvalue weighted by Gasteiger charge is -2.42. The second-order valence-corrected chi connectivity index (χ2v) is 11.0. The number of nitrogens with one attached hydrogen (secondary N) is 2. The molecule has 0 aliphatic heterocycles. The number of aliphatic imine (C=N–C) groups is 1. The SMILES string of the molecule is CC(=O)N(C(=O)[C@@H](N)CC(=O)O)[C@@](Cc1ccccc1)(C(=O)NCCCCCCCCN)n1c(O)c(CCCN=C(N)N)[nH]c1=O. The average Bonchev–Trinajstić information content (AvgIpc) is 3.28. The molecule has 3 amide bonds. The second-order valence-electron chi connectivity index (χ2n) is 11.0. The van der Waals surface area contributed by atoms with E-state index in [0.29, 0.717) is 28.0 Å². The van der Waals surface area contributed by atoms with Gasteiger partial charge in [0.2, 0.25) is 23.4 Å². The molecule has 0 unspecified atom stereocenters. The van der Waals surface area contributed by atoms with Gasteiger partial charge < -0.3 is 43.4 Å². The third kappa shape index (κ3) is 10.2. The highest BCUT2D eigenvalue weighted by Crippen LogP contribution is 2.33. The van der Waals surface area contributed by atoms with Crippen LogP contribution in [0.5, 0.6) is 5.88 Å². The summed E-state index contributed by atoms with van der Waals surface area (Å²) in [6, 6.07) is 6.52. The summed E-state index contributed by atoms with van der Waals surface area (Å²) in [7, 11) is 0. The van der Waals surface area contributed by atoms with Crippen LogP contribution in [0.1, 0.15) is 69.5 Å². The quantitative estimate of drug-likeness (QED) is 0.0520. The Morgan fingerprint density at radius 2 is 1.67 bits per heavy atom. The number of nitrogens with zero attached hydrogens (tertiary/aromatic N) is 3. The van der Waals surface area contributed by atoms with Crippen molar-refractivity contribution in [3.8, 4) is 5.88 Å². The number of carbonyl (C=O) groups is 4. The van der Waals surface area contributed by atoms with E-state index in [4.69, 9.17) is 22.9 Å². The van der Waals surface area contributed by atoms with Crippen molar-refractivity contribution in [3.63, 3.8) is 0 Å². The van der Waals surface area contributed by atoms with Crippen LogP contribution < -0.4 is 33.9 Å². The number of carbonyl (C=O) groups excluding carboxylic acids is 3. The van der Waals surface area contributed by atoms with Gasteiger partial charge in [0.15, 0.2) is 5.96 Å². The monoisotopic (exact) mass is 645 g/mol. The van der Waals surface area contributed by atoms with E-state index in [0.717, 1.165) is 39.0 Å². The summed E-state index contributed by atoms with van der Waals surface area (Å²) >= 11 is 0. The molecule has 0 bridgehead atoms. The fourth-order valence-electron chi connectivity index (χ4n) is 5.23. The number of carboxylic acid groups (broad SMARTS) is 1. The van der Waals surface area contributed by atoms with E-state index in [1.54, 1.807) is 30.3 Å². The minimum absolute atomic E-state index is 0.00398. The average molecular weight is 646 g/mol. The second kappa shape index (κ2) is 18.3. The van der Waals surface area contributed by atoms with Gasteiger partial charge in [-0.2, -0.15) is 0 Å². The highest BCUT2D eigenvalue weighted by Gasteiger charge is 2.54. The number of amides is 3. The Labute approximate surface area is 267 Å². The van der Waals surface area contributed by atoms with Crippen molar-refractivity contribution in [1.29, 1.82) is 0 Å². The zero-order valence-electron chi connectivity index (χ0n) is 26.2. The molecule has 1 heterocycles. The number of hydrogen-bond donors (Lipinski definition) is 8. The molecule has 12 N–H and O–H groups in total. The van der Waals surface area contributed by atoms with E-state index in [1.165, 1.54) is 0 Å². The Morgan fingerprint density at radius 1 is 1.04 bits per heavy atom. The van der Waals surface area contributed by atoms with Crippen LogP contribution in [0, 0.1) is 0 Å². The normalized spacial score (nSPS) is 12.9. The van der Waals surface area contributed by atoms with E-state index < -0.39 is 59.8 Å². The van der Waals surface area contributed by atoms with Crippen molar-refractivity contribution >= 4 is 29.7 Å². The molecule has 0 aliphatic carbocycles. The zero-order chi connectivity index (χ0) is 34.3. The number of aromatic nitrogens is 2. The van der Waals surface area contributed by atoms with Crippen molar-refractivity contribution in [2.75, 3.05) is 19.6 Å². The lowest BCUT2D eigenvalue weighted by atomic mass is 9.94. The lowest BCUT2D eigenvalue weighted by Crippen LogP contribution is -2.68. The predicted octanol–water partition coefficient (Wildman–Crippen LogP) is -0.424. The summed E-state index contributed by atoms with van der Waals surface area (Å²) in [4.78, 5) is 73.6. The maximum absolute atomic E-state index is 14.4. The highest BCUT2D eigenvalue weighted by molar-refractivity contribution is 6.03. The van der Waals surface area contributed by atoms with E-state index in [-0.39, 0.29) is 37.6 Å². The van der Waals surface area contributed by atoms with Gasteiger partial charge >= 0.3 is 11.7 Å². The third-order valence-electron chi connectivity index (χ3n) is 7.38. The van der Waals surface area contributed by atoms with Crippen LogP contribution >= 0.6 is 0 Å². The van der Waals surface area contributed by atoms with Gasteiger partial charge in [-0.15, -0.1) is 0 Å². The molecule has 2 aromatic rings. The van der Waals surface area contributed by atoms with Gasteiger partial charge in [0, 0.05) is 26.4 Å². The smallest absolute Gasteiger partial charge is 0.331 e. The number of aliphatic carboxylic acids is 1. The Morgan fingerprint density at radius 3 is 2.26 bits per heavy atom. The molecule has 16 nitrogen and oxygen atoms in total. The first-order valence-electron chi connectivity index (χ1n) is 15.3. The molecule has 1 aromatic carbocycles. The number of carboxylic acids is 1. The molecule has 46 heavy (non-hydrogen) atoms. The third-order valence-corrected chi connectivity index (χ3v) is 7.38. The van der Waals surface area contributed by atoms with Crippen LogP contribution in [0.25, 0.3) is 0 Å². The number of unbranched alkanes of at least 4 members (excludes halogenated alkanes) is 5. The number of H-pyrrole nitrogens is 1. The van der Waals surface area contributed by atoms with Crippen LogP contribution in [0.4, 0.5) is 0 Å². The molecule has 1 aromatic heterocycles. The molecule has 0 spiro atoms. The summed E-state index contributed by atoms with van der Waals surface area (Å²) < 4.78 is 0.658. The lowest BCUT2D eigenvalue weighted by molar-refractivity contribution is -0.166. The number of aryl methyl sites for hydroxylation is 1. The van der Waals surface area contributed by atoms with Crippen molar-refractivity contribution in [3.05, 3.63) is 52.1 Å². The highest BCUT2D eigenvalue weighted by atomic mass is 16.4. The van der Waals surface area contributed by atoms with Crippen molar-refractivity contribution in [2.24, 2.45) is 27.9 Å². The van der Waals surface area contributed by atoms with Gasteiger partial charge in [0.05, 0.1) is 18.2 Å². The molecule has 2 atom stereocenters. The van der Waals surface area contributed by atoms with Gasteiger partial charge in [0.1, 0.15) is 0 Å². The topological polar surface area (TPSA) is 278 Å². The fourth-order valence-corrected chi connectivity index (χ4v) is 5.23. The van der Waals surface area contributed by atoms with Gasteiger partial charge in [-0.05, 0) is 37.8 Å². The number of nitrogens with two attached hydrogens (primary N) is 4. The Balaban J connectivity index is 2.70. The van der Waals surface area contributed by atoms with E-state index in [9.17, 15) is 34.2 Å². The summed E-state index contributed by atoms with van der Waals surface area (Å²) in [6.07, 6.45) is 4.11. The number of rotatable bonds is 20. The number of aromatic amines is 1. The first-order chi connectivity index (χ1) is 21.9. The standard InChI is InChI=1S/C30H47N9O7/c1-20(40)38(25(43)22(32)18-24(41)42)30(19-21-12-7-6-8-13-21,27(45)35-16-10-5-3-2-4-9-15-31)39-26(44)23(37-29(39)46)14-11-17-36-28(33)34/h6-8,12-13,22,44H,2-5,9-11,14-19,31-32H2,1H3,(H,35,45)(H,37,46)(H,41,42)(H4,33,34,36)/t22-,30+/m0/s1. The van der Waals surface area contributed by atoms with Crippen LogP contribution in [-0.4, -0.2) is 80.0 Å². The summed E-state index contributed by atoms with van der Waals surface area (Å²) in [5.74, 6) is -5.43. The number of imide groups is 1. The maximum atomic E-state index is 14.4. The Hall–Kier alpha value is -4.70. The molecule has 254 valence electrons. The maximum Gasteiger partial charge on any atom is 0.331 e. The van der Waals surface area contributed by atoms with E-state index in [2.05, 4.69) is 15.3 Å². The molecule has 0 saturated carbocycles. The van der Waals surface area contributed by atoms with Crippen LogP contribution in [-0.2, 0) is 37.7 Å². The predicted molar refractivity (Wildman–Crippen MR) is 171 cm³/mol. The van der Waals surface area contributed by atoms with Crippen LogP contribution in [0.2, 0.25) is 0 Å². The number of aromatic hydroxyl groups is 1. The Kier molecular flexibility index (Phi) is 14.9. The van der Waals surface area contributed by atoms with Crippen molar-refractivity contribution in [2.45, 2.75) is 82.8 Å². The zero-order valence-corrected chi connectivity index (χ0v) is 26.2. The van der Waals surface area contributed by atoms with Crippen molar-refractivity contribution < 1.29 is 29.4 Å². The Bertz CT molecular complexity index is 1400. The van der Waals surface area contributed by atoms with Gasteiger partial charge in [0.25, 0.3) is 5.91 Å². The molecule has 0 fully saturated rings. The first kappa shape index (κ1) is 37.5.